The highest BCUT2D eigenvalue weighted by molar-refractivity contribution is 5.42. The van der Waals surface area contributed by atoms with E-state index in [4.69, 9.17) is 10.5 Å². The Bertz CT molecular complexity index is 405. The molecule has 19 heavy (non-hydrogen) atoms. The van der Waals surface area contributed by atoms with Crippen LogP contribution in [0.15, 0.2) is 6.07 Å². The molecule has 0 spiro atoms. The first-order chi connectivity index (χ1) is 9.17. The fourth-order valence-electron chi connectivity index (χ4n) is 2.05. The van der Waals surface area contributed by atoms with E-state index in [-0.39, 0.29) is 5.95 Å². The molecule has 0 saturated carbocycles. The van der Waals surface area contributed by atoms with Crippen molar-refractivity contribution in [1.29, 1.82) is 0 Å². The summed E-state index contributed by atoms with van der Waals surface area (Å²) in [6.45, 7) is 6.34. The van der Waals surface area contributed by atoms with Crippen LogP contribution in [-0.4, -0.2) is 73.2 Å². The van der Waals surface area contributed by atoms with Gasteiger partial charge in [0, 0.05) is 45.3 Å². The van der Waals surface area contributed by atoms with Crippen molar-refractivity contribution < 1.29 is 4.74 Å². The summed E-state index contributed by atoms with van der Waals surface area (Å²) in [6, 6.07) is 1.75. The fraction of sp³-hybridized carbons (Fsp3) is 0.667. The largest absolute Gasteiger partial charge is 0.481 e. The monoisotopic (exact) mass is 266 g/mol. The standard InChI is InChI=1S/C12H22N6O/c1-17-5-7-18(8-6-17)4-3-14-10-9-11(19-2)16-12(13)15-10/h9H,3-8H2,1-2H3,(H3,13,14,15,16). The predicted molar refractivity (Wildman–Crippen MR) is 75.4 cm³/mol. The topological polar surface area (TPSA) is 79.5 Å². The number of aromatic nitrogens is 2. The van der Waals surface area contributed by atoms with Crippen molar-refractivity contribution >= 4 is 11.8 Å². The summed E-state index contributed by atoms with van der Waals surface area (Å²) in [5.74, 6) is 1.41. The number of nitrogens with one attached hydrogen (secondary N) is 1. The molecule has 2 rings (SSSR count). The minimum Gasteiger partial charge on any atom is -0.481 e. The van der Waals surface area contributed by atoms with Gasteiger partial charge < -0.3 is 20.7 Å². The third-order valence-corrected chi connectivity index (χ3v) is 3.26. The Kier molecular flexibility index (Phi) is 4.75. The van der Waals surface area contributed by atoms with Crippen molar-refractivity contribution in [2.24, 2.45) is 0 Å². The normalized spacial score (nSPS) is 17.4. The van der Waals surface area contributed by atoms with Crippen LogP contribution in [0.3, 0.4) is 0 Å². The Balaban J connectivity index is 1.77. The summed E-state index contributed by atoms with van der Waals surface area (Å²) >= 11 is 0. The number of nitrogens with two attached hydrogens (primary N) is 1. The van der Waals surface area contributed by atoms with Gasteiger partial charge in [0.1, 0.15) is 5.82 Å². The van der Waals surface area contributed by atoms with Crippen molar-refractivity contribution in [2.45, 2.75) is 0 Å². The van der Waals surface area contributed by atoms with E-state index in [2.05, 4.69) is 32.1 Å². The van der Waals surface area contributed by atoms with Gasteiger partial charge in [-0.05, 0) is 7.05 Å². The van der Waals surface area contributed by atoms with Crippen LogP contribution in [0.2, 0.25) is 0 Å². The molecule has 0 atom stereocenters. The van der Waals surface area contributed by atoms with Crippen LogP contribution in [0, 0.1) is 0 Å². The molecule has 7 nitrogen and oxygen atoms in total. The molecular formula is C12H22N6O. The first kappa shape index (κ1) is 13.8. The van der Waals surface area contributed by atoms with Gasteiger partial charge in [0.25, 0.3) is 0 Å². The highest BCUT2D eigenvalue weighted by atomic mass is 16.5. The number of anilines is 2. The second-order valence-corrected chi connectivity index (χ2v) is 4.73. The van der Waals surface area contributed by atoms with Gasteiger partial charge >= 0.3 is 0 Å². The van der Waals surface area contributed by atoms with E-state index in [1.165, 1.54) is 0 Å². The maximum Gasteiger partial charge on any atom is 0.225 e. The molecule has 0 amide bonds. The lowest BCUT2D eigenvalue weighted by Gasteiger charge is -2.32. The molecule has 0 unspecified atom stereocenters. The number of rotatable bonds is 5. The van der Waals surface area contributed by atoms with Gasteiger partial charge in [-0.15, -0.1) is 0 Å². The molecule has 0 aliphatic carbocycles. The van der Waals surface area contributed by atoms with Gasteiger partial charge in [0.2, 0.25) is 11.8 Å². The maximum atomic E-state index is 5.61. The lowest BCUT2D eigenvalue weighted by Crippen LogP contribution is -2.45. The Labute approximate surface area is 113 Å². The zero-order chi connectivity index (χ0) is 13.7. The van der Waals surface area contributed by atoms with Crippen molar-refractivity contribution in [3.05, 3.63) is 6.07 Å². The van der Waals surface area contributed by atoms with E-state index in [1.807, 2.05) is 0 Å². The zero-order valence-corrected chi connectivity index (χ0v) is 11.6. The number of methoxy groups -OCH3 is 1. The fourth-order valence-corrected chi connectivity index (χ4v) is 2.05. The molecule has 1 saturated heterocycles. The quantitative estimate of drug-likeness (QED) is 0.759. The second kappa shape index (κ2) is 6.53. The summed E-state index contributed by atoms with van der Waals surface area (Å²) in [6.07, 6.45) is 0. The van der Waals surface area contributed by atoms with Gasteiger partial charge in [-0.25, -0.2) is 0 Å². The number of nitrogens with zero attached hydrogens (tertiary/aromatic N) is 4. The first-order valence-corrected chi connectivity index (χ1v) is 6.50. The van der Waals surface area contributed by atoms with Crippen LogP contribution >= 0.6 is 0 Å². The first-order valence-electron chi connectivity index (χ1n) is 6.50. The minimum absolute atomic E-state index is 0.224. The van der Waals surface area contributed by atoms with Crippen LogP contribution < -0.4 is 15.8 Å². The van der Waals surface area contributed by atoms with E-state index >= 15 is 0 Å². The zero-order valence-electron chi connectivity index (χ0n) is 11.6. The molecular weight excluding hydrogens is 244 g/mol. The Morgan fingerprint density at radius 3 is 2.74 bits per heavy atom. The SMILES string of the molecule is COc1cc(NCCN2CCN(C)CC2)nc(N)n1. The summed E-state index contributed by atoms with van der Waals surface area (Å²) in [4.78, 5) is 12.9. The van der Waals surface area contributed by atoms with E-state index in [0.29, 0.717) is 11.7 Å². The highest BCUT2D eigenvalue weighted by Gasteiger charge is 2.12. The molecule has 3 N–H and O–H groups in total. The minimum atomic E-state index is 0.224. The number of hydrogen-bond acceptors (Lipinski definition) is 7. The summed E-state index contributed by atoms with van der Waals surface area (Å²) in [5.41, 5.74) is 5.61. The van der Waals surface area contributed by atoms with Gasteiger partial charge in [-0.3, -0.25) is 4.90 Å². The number of nitrogen functional groups attached to an aromatic ring is 1. The van der Waals surface area contributed by atoms with Gasteiger partial charge in [-0.1, -0.05) is 0 Å². The Morgan fingerprint density at radius 1 is 1.32 bits per heavy atom. The molecule has 1 aliphatic rings. The number of likely N-dealkylation sites (N-methyl/N-ethyl adjacent to an activating group) is 1. The van der Waals surface area contributed by atoms with Crippen LogP contribution in [-0.2, 0) is 0 Å². The second-order valence-electron chi connectivity index (χ2n) is 4.73. The van der Waals surface area contributed by atoms with Gasteiger partial charge in [0.05, 0.1) is 7.11 Å². The van der Waals surface area contributed by atoms with Crippen molar-refractivity contribution in [3.8, 4) is 5.88 Å². The molecule has 1 aromatic heterocycles. The average molecular weight is 266 g/mol. The van der Waals surface area contributed by atoms with Crippen molar-refractivity contribution in [3.63, 3.8) is 0 Å². The van der Waals surface area contributed by atoms with E-state index in [9.17, 15) is 0 Å². The van der Waals surface area contributed by atoms with Crippen LogP contribution in [0.1, 0.15) is 0 Å². The molecule has 0 bridgehead atoms. The molecule has 7 heteroatoms. The molecule has 1 aromatic rings. The summed E-state index contributed by atoms with van der Waals surface area (Å²) < 4.78 is 5.06. The number of ether oxygens (including phenoxy) is 1. The number of piperazine rings is 1. The third-order valence-electron chi connectivity index (χ3n) is 3.26. The van der Waals surface area contributed by atoms with E-state index in [0.717, 1.165) is 39.3 Å². The van der Waals surface area contributed by atoms with Crippen LogP contribution in [0.25, 0.3) is 0 Å². The lowest BCUT2D eigenvalue weighted by atomic mass is 10.3. The van der Waals surface area contributed by atoms with Crippen LogP contribution in [0.5, 0.6) is 5.88 Å². The third kappa shape index (κ3) is 4.22. The molecule has 1 aliphatic heterocycles. The Hall–Kier alpha value is -1.60. The van der Waals surface area contributed by atoms with Crippen molar-refractivity contribution in [1.82, 2.24) is 19.8 Å². The lowest BCUT2D eigenvalue weighted by molar-refractivity contribution is 0.158. The van der Waals surface area contributed by atoms with Gasteiger partial charge in [-0.2, -0.15) is 9.97 Å². The molecule has 2 heterocycles. The van der Waals surface area contributed by atoms with E-state index < -0.39 is 0 Å². The summed E-state index contributed by atoms with van der Waals surface area (Å²) in [7, 11) is 3.72. The molecule has 106 valence electrons. The summed E-state index contributed by atoms with van der Waals surface area (Å²) in [5, 5.41) is 3.25. The predicted octanol–water partition coefficient (Wildman–Crippen LogP) is -0.273. The maximum absolute atomic E-state index is 5.61. The van der Waals surface area contributed by atoms with E-state index in [1.54, 1.807) is 13.2 Å². The Morgan fingerprint density at radius 2 is 2.05 bits per heavy atom. The smallest absolute Gasteiger partial charge is 0.225 e. The molecule has 0 aromatic carbocycles. The molecule has 0 radical (unpaired) electrons. The van der Waals surface area contributed by atoms with Crippen molar-refractivity contribution in [2.75, 3.05) is 64.5 Å². The molecule has 1 fully saturated rings. The van der Waals surface area contributed by atoms with Crippen LogP contribution in [0.4, 0.5) is 11.8 Å². The average Bonchev–Trinajstić information content (AvgIpc) is 2.40. The number of hydrogen-bond donors (Lipinski definition) is 2. The highest BCUT2D eigenvalue weighted by Crippen LogP contribution is 2.13. The van der Waals surface area contributed by atoms with Gasteiger partial charge in [0.15, 0.2) is 0 Å².